The summed E-state index contributed by atoms with van der Waals surface area (Å²) in [5.41, 5.74) is 4.42. The first kappa shape index (κ1) is 18.3. The predicted molar refractivity (Wildman–Crippen MR) is 117 cm³/mol. The lowest BCUT2D eigenvalue weighted by atomic mass is 10.1. The Bertz CT molecular complexity index is 844. The number of fused-ring (bicyclic) bond motifs is 2. The van der Waals surface area contributed by atoms with E-state index < -0.39 is 0 Å². The van der Waals surface area contributed by atoms with Gasteiger partial charge >= 0.3 is 0 Å². The van der Waals surface area contributed by atoms with E-state index in [1.54, 1.807) is 0 Å². The first-order valence-corrected chi connectivity index (χ1v) is 10.1. The Kier molecular flexibility index (Phi) is 5.12. The van der Waals surface area contributed by atoms with Crippen molar-refractivity contribution >= 4 is 38.7 Å². The van der Waals surface area contributed by atoms with Crippen LogP contribution in [0, 0.1) is 0 Å². The first-order chi connectivity index (χ1) is 13.0. The second kappa shape index (κ2) is 7.54. The van der Waals surface area contributed by atoms with E-state index in [9.17, 15) is 0 Å². The molecule has 0 saturated carbocycles. The molecule has 0 spiro atoms. The SMILES string of the molecule is C=C(N(C)CN1CCN(C)CC1)N1c2ccccc2Nc2ccc(Br)cc21. The summed E-state index contributed by atoms with van der Waals surface area (Å²) in [5.74, 6) is 0.974. The topological polar surface area (TPSA) is 25.0 Å². The minimum atomic E-state index is 0.877. The van der Waals surface area contributed by atoms with Crippen molar-refractivity contribution in [3.05, 3.63) is 59.3 Å². The number of rotatable bonds is 4. The average molecular weight is 428 g/mol. The maximum Gasteiger partial charge on any atom is 0.107 e. The molecular weight excluding hydrogens is 402 g/mol. The molecule has 0 aromatic heterocycles. The molecular formula is C21H26BrN5. The normalized spacial score (nSPS) is 17.1. The maximum atomic E-state index is 4.46. The molecule has 1 saturated heterocycles. The van der Waals surface area contributed by atoms with E-state index in [-0.39, 0.29) is 0 Å². The number of benzene rings is 2. The number of likely N-dealkylation sites (N-methyl/N-ethyl adjacent to an activating group) is 1. The van der Waals surface area contributed by atoms with Crippen LogP contribution in [0.1, 0.15) is 0 Å². The van der Waals surface area contributed by atoms with Crippen molar-refractivity contribution in [3.63, 3.8) is 0 Å². The third-order valence-corrected chi connectivity index (χ3v) is 5.81. The van der Waals surface area contributed by atoms with Gasteiger partial charge in [0.1, 0.15) is 5.82 Å². The zero-order valence-electron chi connectivity index (χ0n) is 16.0. The molecule has 0 radical (unpaired) electrons. The summed E-state index contributed by atoms with van der Waals surface area (Å²) in [6, 6.07) is 14.7. The van der Waals surface area contributed by atoms with E-state index in [0.717, 1.165) is 65.9 Å². The average Bonchev–Trinajstić information content (AvgIpc) is 2.67. The minimum Gasteiger partial charge on any atom is -0.352 e. The molecule has 2 aromatic rings. The highest BCUT2D eigenvalue weighted by Gasteiger charge is 2.27. The smallest absolute Gasteiger partial charge is 0.107 e. The third-order valence-electron chi connectivity index (χ3n) is 5.32. The van der Waals surface area contributed by atoms with Crippen LogP contribution in [0.3, 0.4) is 0 Å². The van der Waals surface area contributed by atoms with Crippen LogP contribution in [0.5, 0.6) is 0 Å². The number of nitrogens with one attached hydrogen (secondary N) is 1. The van der Waals surface area contributed by atoms with Gasteiger partial charge in [-0.15, -0.1) is 0 Å². The van der Waals surface area contributed by atoms with Crippen LogP contribution in [0.4, 0.5) is 22.7 Å². The van der Waals surface area contributed by atoms with Gasteiger partial charge in [0.15, 0.2) is 0 Å². The maximum absolute atomic E-state index is 4.46. The first-order valence-electron chi connectivity index (χ1n) is 9.29. The molecule has 27 heavy (non-hydrogen) atoms. The fraction of sp³-hybridized carbons (Fsp3) is 0.333. The van der Waals surface area contributed by atoms with Crippen molar-refractivity contribution in [1.29, 1.82) is 0 Å². The molecule has 5 nitrogen and oxygen atoms in total. The number of halogens is 1. The van der Waals surface area contributed by atoms with Gasteiger partial charge in [-0.2, -0.15) is 0 Å². The standard InChI is InChI=1S/C21H26BrN5/c1-16(25(3)15-26-12-10-24(2)11-13-26)27-20-7-5-4-6-18(20)23-19-9-8-17(22)14-21(19)27/h4-9,14,23H,1,10-13,15H2,2-3H3. The largest absolute Gasteiger partial charge is 0.352 e. The minimum absolute atomic E-state index is 0.877. The number of anilines is 4. The summed E-state index contributed by atoms with van der Waals surface area (Å²) in [6.07, 6.45) is 0. The summed E-state index contributed by atoms with van der Waals surface area (Å²) in [4.78, 5) is 9.37. The molecule has 2 aliphatic rings. The van der Waals surface area contributed by atoms with Gasteiger partial charge in [0.2, 0.25) is 0 Å². The van der Waals surface area contributed by atoms with Crippen molar-refractivity contribution in [2.45, 2.75) is 0 Å². The molecule has 142 valence electrons. The quantitative estimate of drug-likeness (QED) is 0.785. The van der Waals surface area contributed by atoms with Crippen LogP contribution in [-0.4, -0.2) is 61.6 Å². The van der Waals surface area contributed by atoms with Gasteiger partial charge in [-0.25, -0.2) is 0 Å². The van der Waals surface area contributed by atoms with Crippen LogP contribution >= 0.6 is 15.9 Å². The summed E-state index contributed by atoms with van der Waals surface area (Å²) in [5, 5.41) is 3.54. The number of hydrogen-bond acceptors (Lipinski definition) is 5. The van der Waals surface area contributed by atoms with E-state index in [1.807, 2.05) is 0 Å². The number of hydrogen-bond donors (Lipinski definition) is 1. The molecule has 0 amide bonds. The van der Waals surface area contributed by atoms with Crippen molar-refractivity contribution in [2.24, 2.45) is 0 Å². The molecule has 4 rings (SSSR count). The highest BCUT2D eigenvalue weighted by atomic mass is 79.9. The van der Waals surface area contributed by atoms with Crippen molar-refractivity contribution in [3.8, 4) is 0 Å². The van der Waals surface area contributed by atoms with Crippen molar-refractivity contribution in [2.75, 3.05) is 57.2 Å². The van der Waals surface area contributed by atoms with Gasteiger partial charge in [-0.1, -0.05) is 34.6 Å². The van der Waals surface area contributed by atoms with E-state index in [2.05, 4.69) is 104 Å². The van der Waals surface area contributed by atoms with Gasteiger partial charge in [0, 0.05) is 37.7 Å². The lowest BCUT2D eigenvalue weighted by Crippen LogP contribution is -2.48. The zero-order valence-corrected chi connectivity index (χ0v) is 17.5. The summed E-state index contributed by atoms with van der Waals surface area (Å²) >= 11 is 3.62. The van der Waals surface area contributed by atoms with Gasteiger partial charge in [-0.05, 0) is 37.4 Å². The van der Waals surface area contributed by atoms with Crippen LogP contribution in [-0.2, 0) is 0 Å². The Morgan fingerprint density at radius 3 is 2.56 bits per heavy atom. The van der Waals surface area contributed by atoms with E-state index >= 15 is 0 Å². The Morgan fingerprint density at radius 1 is 1.07 bits per heavy atom. The Balaban J connectivity index is 1.62. The summed E-state index contributed by atoms with van der Waals surface area (Å²) < 4.78 is 1.06. The Morgan fingerprint density at radius 2 is 1.78 bits per heavy atom. The van der Waals surface area contributed by atoms with Gasteiger partial charge in [0.05, 0.1) is 29.4 Å². The molecule has 2 heterocycles. The molecule has 1 fully saturated rings. The van der Waals surface area contributed by atoms with Crippen LogP contribution in [0.2, 0.25) is 0 Å². The Hall–Kier alpha value is -2.02. The van der Waals surface area contributed by atoms with E-state index in [1.165, 1.54) is 0 Å². The van der Waals surface area contributed by atoms with Crippen LogP contribution < -0.4 is 10.2 Å². The van der Waals surface area contributed by atoms with Crippen molar-refractivity contribution < 1.29 is 0 Å². The predicted octanol–water partition coefficient (Wildman–Crippen LogP) is 4.25. The number of piperazine rings is 1. The molecule has 2 aromatic carbocycles. The highest BCUT2D eigenvalue weighted by Crippen LogP contribution is 2.46. The van der Waals surface area contributed by atoms with E-state index in [0.29, 0.717) is 0 Å². The molecule has 0 unspecified atom stereocenters. The van der Waals surface area contributed by atoms with Crippen LogP contribution in [0.15, 0.2) is 59.3 Å². The summed E-state index contributed by atoms with van der Waals surface area (Å²) in [7, 11) is 4.31. The Labute approximate surface area is 170 Å². The molecule has 2 aliphatic heterocycles. The van der Waals surface area contributed by atoms with Gasteiger partial charge < -0.3 is 15.1 Å². The van der Waals surface area contributed by atoms with Gasteiger partial charge in [0.25, 0.3) is 0 Å². The number of nitrogens with zero attached hydrogens (tertiary/aromatic N) is 4. The van der Waals surface area contributed by atoms with E-state index in [4.69, 9.17) is 0 Å². The second-order valence-corrected chi connectivity index (χ2v) is 8.23. The third kappa shape index (κ3) is 3.70. The molecule has 0 atom stereocenters. The zero-order chi connectivity index (χ0) is 19.0. The summed E-state index contributed by atoms with van der Waals surface area (Å²) in [6.45, 7) is 9.75. The molecule has 0 bridgehead atoms. The molecule has 1 N–H and O–H groups in total. The fourth-order valence-electron chi connectivity index (χ4n) is 3.66. The van der Waals surface area contributed by atoms with Crippen molar-refractivity contribution in [1.82, 2.24) is 14.7 Å². The van der Waals surface area contributed by atoms with Gasteiger partial charge in [-0.3, -0.25) is 9.80 Å². The number of para-hydroxylation sites is 2. The second-order valence-electron chi connectivity index (χ2n) is 7.32. The fourth-order valence-corrected chi connectivity index (χ4v) is 4.01. The lowest BCUT2D eigenvalue weighted by molar-refractivity contribution is 0.110. The van der Waals surface area contributed by atoms with Crippen LogP contribution in [0.25, 0.3) is 0 Å². The molecule has 0 aliphatic carbocycles. The molecule has 6 heteroatoms. The monoisotopic (exact) mass is 427 g/mol. The highest BCUT2D eigenvalue weighted by molar-refractivity contribution is 9.10. The lowest BCUT2D eigenvalue weighted by Gasteiger charge is -2.41.